The Morgan fingerprint density at radius 3 is 3.00 bits per heavy atom. The maximum absolute atomic E-state index is 11.6. The zero-order valence-corrected chi connectivity index (χ0v) is 11.8. The third-order valence-electron chi connectivity index (χ3n) is 3.06. The predicted octanol–water partition coefficient (Wildman–Crippen LogP) is -0.0843. The van der Waals surface area contributed by atoms with Crippen molar-refractivity contribution in [2.24, 2.45) is 5.73 Å². The zero-order valence-electron chi connectivity index (χ0n) is 10.9. The predicted molar refractivity (Wildman–Crippen MR) is 72.1 cm³/mol. The Morgan fingerprint density at radius 2 is 2.32 bits per heavy atom. The monoisotopic (exact) mass is 285 g/mol. The zero-order chi connectivity index (χ0) is 13.9. The molecule has 0 spiro atoms. The van der Waals surface area contributed by atoms with Crippen molar-refractivity contribution < 1.29 is 13.2 Å². The largest absolute Gasteiger partial charge is 0.369 e. The fraction of sp³-hybridized carbons (Fsp3) is 0.583. The molecular formula is C12H19N3O3S. The van der Waals surface area contributed by atoms with Crippen molar-refractivity contribution >= 4 is 10.0 Å². The number of sulfonamides is 1. The molecule has 0 bridgehead atoms. The summed E-state index contributed by atoms with van der Waals surface area (Å²) in [5.74, 6) is 0. The number of nitrogens with zero attached hydrogens (tertiary/aromatic N) is 2. The molecule has 1 atom stereocenters. The van der Waals surface area contributed by atoms with Gasteiger partial charge in [0.1, 0.15) is 6.10 Å². The van der Waals surface area contributed by atoms with Gasteiger partial charge in [0.2, 0.25) is 10.0 Å². The average Bonchev–Trinajstić information content (AvgIpc) is 2.39. The van der Waals surface area contributed by atoms with E-state index in [9.17, 15) is 8.42 Å². The first kappa shape index (κ1) is 14.4. The first-order valence-electron chi connectivity index (χ1n) is 6.23. The van der Waals surface area contributed by atoms with Gasteiger partial charge in [-0.3, -0.25) is 4.98 Å². The Hall–Kier alpha value is -1.02. The van der Waals surface area contributed by atoms with Gasteiger partial charge in [-0.15, -0.1) is 0 Å². The Balaban J connectivity index is 2.15. The fourth-order valence-electron chi connectivity index (χ4n) is 2.07. The maximum atomic E-state index is 11.6. The van der Waals surface area contributed by atoms with E-state index in [1.807, 2.05) is 18.2 Å². The Morgan fingerprint density at radius 1 is 1.53 bits per heavy atom. The molecule has 7 heteroatoms. The molecule has 2 heterocycles. The second-order valence-electron chi connectivity index (χ2n) is 4.57. The second kappa shape index (κ2) is 5.96. The van der Waals surface area contributed by atoms with Gasteiger partial charge in [-0.25, -0.2) is 8.42 Å². The van der Waals surface area contributed by atoms with E-state index < -0.39 is 10.0 Å². The summed E-state index contributed by atoms with van der Waals surface area (Å²) in [5, 5.41) is 0. The molecule has 0 aromatic carbocycles. The van der Waals surface area contributed by atoms with Gasteiger partial charge in [-0.05, 0) is 18.7 Å². The number of ether oxygens (including phenoxy) is 1. The van der Waals surface area contributed by atoms with Crippen LogP contribution in [0.4, 0.5) is 0 Å². The van der Waals surface area contributed by atoms with Gasteiger partial charge in [0.05, 0.1) is 18.6 Å². The van der Waals surface area contributed by atoms with Crippen LogP contribution in [0, 0.1) is 0 Å². The smallest absolute Gasteiger partial charge is 0.211 e. The van der Waals surface area contributed by atoms with Gasteiger partial charge >= 0.3 is 0 Å². The highest BCUT2D eigenvalue weighted by atomic mass is 32.2. The van der Waals surface area contributed by atoms with Crippen molar-refractivity contribution in [2.75, 3.05) is 32.5 Å². The van der Waals surface area contributed by atoms with Gasteiger partial charge in [-0.1, -0.05) is 6.07 Å². The summed E-state index contributed by atoms with van der Waals surface area (Å²) in [6.07, 6.45) is 1.62. The third kappa shape index (κ3) is 3.73. The van der Waals surface area contributed by atoms with Gasteiger partial charge in [0.25, 0.3) is 0 Å². The number of rotatable bonds is 4. The number of pyridine rings is 1. The average molecular weight is 285 g/mol. The van der Waals surface area contributed by atoms with E-state index in [1.165, 1.54) is 10.6 Å². The Labute approximate surface area is 113 Å². The first-order valence-corrected chi connectivity index (χ1v) is 8.08. The van der Waals surface area contributed by atoms with E-state index in [4.69, 9.17) is 10.5 Å². The molecule has 0 radical (unpaired) electrons. The highest BCUT2D eigenvalue weighted by Gasteiger charge is 2.28. The minimum atomic E-state index is -3.18. The van der Waals surface area contributed by atoms with Crippen molar-refractivity contribution in [2.45, 2.75) is 12.5 Å². The van der Waals surface area contributed by atoms with Crippen LogP contribution in [0.1, 0.15) is 17.5 Å². The van der Waals surface area contributed by atoms with E-state index >= 15 is 0 Å². The lowest BCUT2D eigenvalue weighted by atomic mass is 10.1. The number of hydrogen-bond donors (Lipinski definition) is 1. The molecule has 1 aliphatic heterocycles. The molecule has 19 heavy (non-hydrogen) atoms. The highest BCUT2D eigenvalue weighted by Crippen LogP contribution is 2.22. The molecule has 1 saturated heterocycles. The third-order valence-corrected chi connectivity index (χ3v) is 4.33. The van der Waals surface area contributed by atoms with Gasteiger partial charge < -0.3 is 10.5 Å². The van der Waals surface area contributed by atoms with Crippen molar-refractivity contribution in [3.63, 3.8) is 0 Å². The molecule has 1 fully saturated rings. The standard InChI is InChI=1S/C12H19N3O3S/c1-19(16,17)15-7-8-18-12(9-15)11-4-2-3-10(14-11)5-6-13/h2-4,12H,5-9,13H2,1H3/t12-/m0/s1. The number of morpholine rings is 1. The number of nitrogens with two attached hydrogens (primary N) is 1. The molecule has 1 aliphatic rings. The van der Waals surface area contributed by atoms with E-state index in [2.05, 4.69) is 4.98 Å². The van der Waals surface area contributed by atoms with Crippen LogP contribution >= 0.6 is 0 Å². The highest BCUT2D eigenvalue weighted by molar-refractivity contribution is 7.88. The lowest BCUT2D eigenvalue weighted by Gasteiger charge is -2.31. The molecule has 0 aliphatic carbocycles. The van der Waals surface area contributed by atoms with Crippen molar-refractivity contribution in [1.82, 2.24) is 9.29 Å². The first-order chi connectivity index (χ1) is 9.00. The Bertz CT molecular complexity index is 533. The van der Waals surface area contributed by atoms with E-state index in [0.717, 1.165) is 11.4 Å². The molecular weight excluding hydrogens is 266 g/mol. The van der Waals surface area contributed by atoms with E-state index in [-0.39, 0.29) is 6.10 Å². The normalized spacial score (nSPS) is 21.5. The molecule has 0 amide bonds. The topological polar surface area (TPSA) is 85.5 Å². The molecule has 106 valence electrons. The summed E-state index contributed by atoms with van der Waals surface area (Å²) < 4.78 is 30.2. The van der Waals surface area contributed by atoms with Gasteiger partial charge in [0, 0.05) is 25.2 Å². The summed E-state index contributed by atoms with van der Waals surface area (Å²) in [5.41, 5.74) is 7.18. The Kier molecular flexibility index (Phi) is 4.51. The van der Waals surface area contributed by atoms with Crippen LogP contribution < -0.4 is 5.73 Å². The van der Waals surface area contributed by atoms with Crippen molar-refractivity contribution in [1.29, 1.82) is 0 Å². The van der Waals surface area contributed by atoms with Crippen LogP contribution in [0.5, 0.6) is 0 Å². The van der Waals surface area contributed by atoms with Crippen molar-refractivity contribution in [3.8, 4) is 0 Å². The number of aromatic nitrogens is 1. The van der Waals surface area contributed by atoms with Gasteiger partial charge in [0.15, 0.2) is 0 Å². The molecule has 6 nitrogen and oxygen atoms in total. The summed E-state index contributed by atoms with van der Waals surface area (Å²) in [7, 11) is -3.18. The summed E-state index contributed by atoms with van der Waals surface area (Å²) >= 11 is 0. The maximum Gasteiger partial charge on any atom is 0.211 e. The van der Waals surface area contributed by atoms with Crippen LogP contribution in [0.3, 0.4) is 0 Å². The van der Waals surface area contributed by atoms with Crippen LogP contribution in [0.15, 0.2) is 18.2 Å². The number of hydrogen-bond acceptors (Lipinski definition) is 5. The van der Waals surface area contributed by atoms with Crippen LogP contribution in [0.25, 0.3) is 0 Å². The summed E-state index contributed by atoms with van der Waals surface area (Å²) in [6, 6.07) is 5.67. The fourth-order valence-corrected chi connectivity index (χ4v) is 2.88. The minimum Gasteiger partial charge on any atom is -0.369 e. The molecule has 0 unspecified atom stereocenters. The van der Waals surface area contributed by atoms with Gasteiger partial charge in [-0.2, -0.15) is 4.31 Å². The van der Waals surface area contributed by atoms with Crippen LogP contribution in [-0.2, 0) is 21.2 Å². The molecule has 2 rings (SSSR count). The van der Waals surface area contributed by atoms with E-state index in [0.29, 0.717) is 32.7 Å². The quantitative estimate of drug-likeness (QED) is 0.836. The van der Waals surface area contributed by atoms with E-state index in [1.54, 1.807) is 0 Å². The molecule has 0 saturated carbocycles. The van der Waals surface area contributed by atoms with Crippen LogP contribution in [-0.4, -0.2) is 50.2 Å². The van der Waals surface area contributed by atoms with Crippen molar-refractivity contribution in [3.05, 3.63) is 29.6 Å². The van der Waals surface area contributed by atoms with Crippen LogP contribution in [0.2, 0.25) is 0 Å². The minimum absolute atomic E-state index is 0.304. The second-order valence-corrected chi connectivity index (χ2v) is 6.56. The lowest BCUT2D eigenvalue weighted by Crippen LogP contribution is -2.41. The molecule has 1 aromatic rings. The molecule has 2 N–H and O–H groups in total. The summed E-state index contributed by atoms with van der Waals surface area (Å²) in [4.78, 5) is 4.48. The lowest BCUT2D eigenvalue weighted by molar-refractivity contribution is -0.00482. The molecule has 1 aromatic heterocycles. The SMILES string of the molecule is CS(=O)(=O)N1CCO[C@H](c2cccc(CCN)n2)C1. The summed E-state index contributed by atoms with van der Waals surface area (Å²) in [6.45, 7) is 1.65.